The van der Waals surface area contributed by atoms with Crippen LogP contribution < -0.4 is 30.2 Å². The summed E-state index contributed by atoms with van der Waals surface area (Å²) in [7, 11) is -2.67. The average Bonchev–Trinajstić information content (AvgIpc) is 2.83. The predicted octanol–water partition coefficient (Wildman–Crippen LogP) is 2.78. The van der Waals surface area contributed by atoms with Gasteiger partial charge in [0.1, 0.15) is 11.5 Å². The molecule has 0 fully saturated rings. The first-order valence-electron chi connectivity index (χ1n) is 9.73. The molecule has 0 atom stereocenters. The zero-order chi connectivity index (χ0) is 21.5. The van der Waals surface area contributed by atoms with Gasteiger partial charge in [0, 0.05) is 0 Å². The van der Waals surface area contributed by atoms with E-state index in [4.69, 9.17) is 20.0 Å². The molecule has 0 unspecified atom stereocenters. The summed E-state index contributed by atoms with van der Waals surface area (Å²) in [4.78, 5) is 0. The van der Waals surface area contributed by atoms with Crippen LogP contribution in [0.15, 0.2) is 109 Å². The molecule has 0 aliphatic rings. The first-order chi connectivity index (χ1) is 15.3. The van der Waals surface area contributed by atoms with Crippen LogP contribution >= 0.6 is 0 Å². The van der Waals surface area contributed by atoms with Crippen LogP contribution in [0.25, 0.3) is 0 Å². The van der Waals surface area contributed by atoms with E-state index in [0.29, 0.717) is 11.5 Å². The zero-order valence-corrected chi connectivity index (χ0v) is 17.6. The summed E-state index contributed by atoms with van der Waals surface area (Å²) in [5.74, 6) is 1.01. The van der Waals surface area contributed by atoms with Gasteiger partial charge in [-0.1, -0.05) is 84.9 Å². The maximum Gasteiger partial charge on any atom is 0.292 e. The van der Waals surface area contributed by atoms with Crippen molar-refractivity contribution < 1.29 is 9.47 Å². The third-order valence-corrected chi connectivity index (χ3v) is 10.1. The van der Waals surface area contributed by atoms with Crippen molar-refractivity contribution in [1.29, 1.82) is 10.5 Å². The molecule has 31 heavy (non-hydrogen) atoms. The molecular formula is C26H18N2O2Si. The number of benzene rings is 4. The molecule has 0 aromatic heterocycles. The van der Waals surface area contributed by atoms with Crippen molar-refractivity contribution >= 4 is 28.8 Å². The monoisotopic (exact) mass is 418 g/mol. The summed E-state index contributed by atoms with van der Waals surface area (Å²) < 4.78 is 10.0. The first kappa shape index (κ1) is 20.0. The second-order valence-electron chi connectivity index (χ2n) is 6.92. The minimum absolute atomic E-state index is 0.507. The number of rotatable bonds is 6. The van der Waals surface area contributed by atoms with Gasteiger partial charge >= 0.3 is 0 Å². The maximum absolute atomic E-state index is 8.85. The average molecular weight is 419 g/mol. The van der Waals surface area contributed by atoms with Gasteiger partial charge in [-0.2, -0.15) is 0 Å². The Morgan fingerprint density at radius 2 is 0.774 bits per heavy atom. The number of ether oxygens (including phenoxy) is 2. The second kappa shape index (κ2) is 9.00. The van der Waals surface area contributed by atoms with Crippen LogP contribution in [0.4, 0.5) is 0 Å². The van der Waals surface area contributed by atoms with Crippen molar-refractivity contribution in [2.45, 2.75) is 0 Å². The summed E-state index contributed by atoms with van der Waals surface area (Å²) in [6.07, 6.45) is 3.45. The van der Waals surface area contributed by atoms with Crippen molar-refractivity contribution in [1.82, 2.24) is 0 Å². The van der Waals surface area contributed by atoms with Gasteiger partial charge in [0.25, 0.3) is 12.5 Å². The molecule has 0 N–H and O–H groups in total. The third kappa shape index (κ3) is 3.78. The molecule has 0 bridgehead atoms. The molecule has 0 saturated carbocycles. The fourth-order valence-corrected chi connectivity index (χ4v) is 8.75. The van der Waals surface area contributed by atoms with Crippen LogP contribution in [0.1, 0.15) is 0 Å². The van der Waals surface area contributed by atoms with Crippen molar-refractivity contribution in [3.63, 3.8) is 0 Å². The molecule has 0 heterocycles. The minimum atomic E-state index is -2.67. The van der Waals surface area contributed by atoms with E-state index in [1.807, 2.05) is 60.7 Å². The second-order valence-corrected chi connectivity index (χ2v) is 10.7. The number of nitrogens with zero attached hydrogens (tertiary/aromatic N) is 2. The fraction of sp³-hybridized carbons (Fsp3) is 0. The van der Waals surface area contributed by atoms with E-state index in [-0.39, 0.29) is 0 Å². The van der Waals surface area contributed by atoms with Crippen molar-refractivity contribution in [3.8, 4) is 24.0 Å². The van der Waals surface area contributed by atoms with Gasteiger partial charge in [-0.25, -0.2) is 0 Å². The lowest BCUT2D eigenvalue weighted by Crippen LogP contribution is -2.74. The van der Waals surface area contributed by atoms with Gasteiger partial charge in [-0.05, 0) is 45.0 Å². The lowest BCUT2D eigenvalue weighted by Gasteiger charge is -2.34. The lowest BCUT2D eigenvalue weighted by molar-refractivity contribution is 0.507. The smallest absolute Gasteiger partial charge is 0.292 e. The molecule has 0 aliphatic carbocycles. The quantitative estimate of drug-likeness (QED) is 0.274. The van der Waals surface area contributed by atoms with Gasteiger partial charge in [0.05, 0.1) is 0 Å². The molecule has 0 aliphatic heterocycles. The largest absolute Gasteiger partial charge is 0.388 e. The van der Waals surface area contributed by atoms with Gasteiger partial charge in [-0.3, -0.25) is 0 Å². The maximum atomic E-state index is 8.85. The summed E-state index contributed by atoms with van der Waals surface area (Å²) >= 11 is 0. The topological polar surface area (TPSA) is 66.0 Å². The van der Waals surface area contributed by atoms with Crippen LogP contribution in [0.2, 0.25) is 0 Å². The standard InChI is InChI=1S/C26H18N2O2Si/c27-19-29-21-11-15-25(16-12-21)31(23-7-3-1-4-8-23,24-9-5-2-6-10-24)26-17-13-22(14-18-26)30-20-28/h1-18H. The van der Waals surface area contributed by atoms with Gasteiger partial charge < -0.3 is 9.47 Å². The molecule has 0 spiro atoms. The molecule has 5 heteroatoms. The Kier molecular flexibility index (Phi) is 5.80. The SMILES string of the molecule is N#COc1ccc([Si](c2ccccc2)(c2ccccc2)c2ccc(OC#N)cc2)cc1. The molecule has 0 saturated heterocycles. The van der Waals surface area contributed by atoms with Crippen molar-refractivity contribution in [2.24, 2.45) is 0 Å². The summed E-state index contributed by atoms with van der Waals surface area (Å²) in [6.45, 7) is 0. The lowest BCUT2D eigenvalue weighted by atomic mass is 10.3. The molecular weight excluding hydrogens is 400 g/mol. The van der Waals surface area contributed by atoms with E-state index >= 15 is 0 Å². The van der Waals surface area contributed by atoms with Gasteiger partial charge in [0.15, 0.2) is 8.07 Å². The molecule has 148 valence electrons. The fourth-order valence-electron chi connectivity index (χ4n) is 4.03. The van der Waals surface area contributed by atoms with Crippen LogP contribution in [0.3, 0.4) is 0 Å². The van der Waals surface area contributed by atoms with Crippen molar-refractivity contribution in [2.75, 3.05) is 0 Å². The number of hydrogen-bond donors (Lipinski definition) is 0. The normalized spacial score (nSPS) is 10.5. The Morgan fingerprint density at radius 3 is 1.10 bits per heavy atom. The summed E-state index contributed by atoms with van der Waals surface area (Å²) in [5.41, 5.74) is 0. The highest BCUT2D eigenvalue weighted by Crippen LogP contribution is 2.15. The van der Waals surface area contributed by atoms with Crippen LogP contribution in [0.5, 0.6) is 11.5 Å². The van der Waals surface area contributed by atoms with Crippen molar-refractivity contribution in [3.05, 3.63) is 109 Å². The third-order valence-electron chi connectivity index (χ3n) is 5.32. The zero-order valence-electron chi connectivity index (χ0n) is 16.6. The van der Waals surface area contributed by atoms with Gasteiger partial charge in [-0.15, -0.1) is 10.5 Å². The molecule has 4 nitrogen and oxygen atoms in total. The Bertz CT molecular complexity index is 1130. The highest BCUT2D eigenvalue weighted by atomic mass is 28.3. The highest BCUT2D eigenvalue weighted by molar-refractivity contribution is 7.19. The number of nitriles is 2. The highest BCUT2D eigenvalue weighted by Gasteiger charge is 2.41. The Hall–Kier alpha value is -4.32. The van der Waals surface area contributed by atoms with Crippen LogP contribution in [0, 0.1) is 23.0 Å². The molecule has 4 aromatic rings. The Morgan fingerprint density at radius 1 is 0.452 bits per heavy atom. The number of hydrogen-bond acceptors (Lipinski definition) is 4. The van der Waals surface area contributed by atoms with Crippen LogP contribution in [-0.4, -0.2) is 8.07 Å². The van der Waals surface area contributed by atoms with E-state index in [2.05, 4.69) is 48.5 Å². The first-order valence-corrected chi connectivity index (χ1v) is 11.7. The minimum Gasteiger partial charge on any atom is -0.388 e. The molecule has 0 amide bonds. The van der Waals surface area contributed by atoms with Crippen LogP contribution in [-0.2, 0) is 0 Å². The molecule has 0 radical (unpaired) electrons. The van der Waals surface area contributed by atoms with Gasteiger partial charge in [0.2, 0.25) is 0 Å². The van der Waals surface area contributed by atoms with E-state index in [9.17, 15) is 0 Å². The van der Waals surface area contributed by atoms with E-state index in [1.165, 1.54) is 10.4 Å². The Balaban J connectivity index is 2.02. The van der Waals surface area contributed by atoms with E-state index < -0.39 is 8.07 Å². The molecule has 4 aromatic carbocycles. The van der Waals surface area contributed by atoms with E-state index in [1.54, 1.807) is 12.5 Å². The van der Waals surface area contributed by atoms with E-state index in [0.717, 1.165) is 10.4 Å². The predicted molar refractivity (Wildman–Crippen MR) is 123 cm³/mol. The summed E-state index contributed by atoms with van der Waals surface area (Å²) in [6, 6.07) is 36.4. The Labute approximate surface area is 182 Å². The molecule has 4 rings (SSSR count). The summed E-state index contributed by atoms with van der Waals surface area (Å²) in [5, 5.41) is 22.5.